The predicted molar refractivity (Wildman–Crippen MR) is 72.8 cm³/mol. The van der Waals surface area contributed by atoms with Gasteiger partial charge in [-0.15, -0.1) is 0 Å². The summed E-state index contributed by atoms with van der Waals surface area (Å²) in [6, 6.07) is 2.42. The van der Waals surface area contributed by atoms with Gasteiger partial charge in [0.2, 0.25) is 10.0 Å². The van der Waals surface area contributed by atoms with Crippen molar-refractivity contribution in [3.05, 3.63) is 28.7 Å². The van der Waals surface area contributed by atoms with E-state index in [1.165, 1.54) is 12.1 Å². The summed E-state index contributed by atoms with van der Waals surface area (Å²) in [6.07, 6.45) is -1.21. The summed E-state index contributed by atoms with van der Waals surface area (Å²) in [5.41, 5.74) is 0.387. The summed E-state index contributed by atoms with van der Waals surface area (Å²) in [6.45, 7) is -0.297. The predicted octanol–water partition coefficient (Wildman–Crippen LogP) is -0.670. The molecule has 9 nitrogen and oxygen atoms in total. The number of aromatic amines is 1. The minimum absolute atomic E-state index is 0.0534. The Morgan fingerprint density at radius 2 is 2.14 bits per heavy atom. The lowest BCUT2D eigenvalue weighted by atomic mass is 10.2. The number of fused-ring (bicyclic) bond motifs is 1. The summed E-state index contributed by atoms with van der Waals surface area (Å²) in [7, 11) is -4.13. The molecule has 10 heteroatoms. The van der Waals surface area contributed by atoms with Crippen LogP contribution in [-0.2, 0) is 14.8 Å². The average Bonchev–Trinajstić information content (AvgIpc) is 2.99. The number of hydrogen-bond donors (Lipinski definition) is 3. The third-order valence-corrected chi connectivity index (χ3v) is 5.39. The zero-order chi connectivity index (χ0) is 16.1. The van der Waals surface area contributed by atoms with Gasteiger partial charge in [-0.1, -0.05) is 0 Å². The van der Waals surface area contributed by atoms with Gasteiger partial charge >= 0.3 is 11.7 Å². The Morgan fingerprint density at radius 3 is 2.82 bits per heavy atom. The number of sulfonamides is 1. The van der Waals surface area contributed by atoms with E-state index in [4.69, 9.17) is 9.52 Å². The van der Waals surface area contributed by atoms with Gasteiger partial charge in [0, 0.05) is 19.0 Å². The zero-order valence-corrected chi connectivity index (χ0v) is 11.9. The van der Waals surface area contributed by atoms with E-state index in [1.54, 1.807) is 0 Å². The monoisotopic (exact) mass is 328 g/mol. The molecule has 0 unspecified atom stereocenters. The minimum Gasteiger partial charge on any atom is -0.480 e. The van der Waals surface area contributed by atoms with Gasteiger partial charge in [-0.05, 0) is 12.1 Å². The fraction of sp³-hybridized carbons (Fsp3) is 0.333. The van der Waals surface area contributed by atoms with Crippen LogP contribution in [-0.4, -0.2) is 52.6 Å². The maximum absolute atomic E-state index is 12.6. The van der Waals surface area contributed by atoms with Crippen LogP contribution in [0.4, 0.5) is 0 Å². The van der Waals surface area contributed by atoms with Crippen LogP contribution in [0.25, 0.3) is 11.1 Å². The van der Waals surface area contributed by atoms with E-state index in [-0.39, 0.29) is 23.4 Å². The number of H-pyrrole nitrogens is 1. The first kappa shape index (κ1) is 14.8. The molecule has 0 saturated carbocycles. The molecule has 1 fully saturated rings. The van der Waals surface area contributed by atoms with E-state index in [9.17, 15) is 23.1 Å². The van der Waals surface area contributed by atoms with Crippen LogP contribution in [0.15, 0.2) is 32.3 Å². The summed E-state index contributed by atoms with van der Waals surface area (Å²) in [5, 5.41) is 18.7. The molecule has 2 aromatic rings. The lowest BCUT2D eigenvalue weighted by Gasteiger charge is -2.20. The third-order valence-electron chi connectivity index (χ3n) is 3.52. The fourth-order valence-electron chi connectivity index (χ4n) is 2.50. The maximum Gasteiger partial charge on any atom is 0.417 e. The van der Waals surface area contributed by atoms with Gasteiger partial charge in [0.1, 0.15) is 6.04 Å². The van der Waals surface area contributed by atoms with Gasteiger partial charge in [-0.25, -0.2) is 13.2 Å². The Balaban J connectivity index is 2.07. The van der Waals surface area contributed by atoms with E-state index in [0.29, 0.717) is 5.52 Å². The number of carbonyl (C=O) groups is 1. The van der Waals surface area contributed by atoms with Crippen molar-refractivity contribution in [1.82, 2.24) is 9.29 Å². The van der Waals surface area contributed by atoms with Crippen molar-refractivity contribution in [2.75, 3.05) is 6.54 Å². The number of aliphatic hydroxyl groups excluding tert-OH is 1. The standard InChI is InChI=1S/C12H12N2O7S/c15-6-3-9(11(16)17)14(5-6)22(19,20)7-1-2-8-10(4-7)21-12(18)13-8/h1-2,4,6,9,15H,3,5H2,(H,13,18)(H,16,17)/t6-,9+/m1/s1. The number of aromatic nitrogens is 1. The Morgan fingerprint density at radius 1 is 1.41 bits per heavy atom. The number of carboxylic acid groups (broad SMARTS) is 1. The van der Waals surface area contributed by atoms with Crippen molar-refractivity contribution < 1.29 is 27.8 Å². The molecule has 0 spiro atoms. The number of β-amino-alcohol motifs (C(OH)–C–C–N with tert-alkyl or cyclic N) is 1. The van der Waals surface area contributed by atoms with Gasteiger partial charge < -0.3 is 14.6 Å². The maximum atomic E-state index is 12.6. The molecule has 0 amide bonds. The Labute approximate surface area is 123 Å². The minimum atomic E-state index is -4.13. The second kappa shape index (κ2) is 4.93. The highest BCUT2D eigenvalue weighted by molar-refractivity contribution is 7.89. The number of aliphatic hydroxyl groups is 1. The highest BCUT2D eigenvalue weighted by Gasteiger charge is 2.43. The van der Waals surface area contributed by atoms with E-state index in [0.717, 1.165) is 10.4 Å². The van der Waals surface area contributed by atoms with Crippen LogP contribution in [0, 0.1) is 0 Å². The lowest BCUT2D eigenvalue weighted by molar-refractivity contribution is -0.140. The molecule has 1 aromatic heterocycles. The molecule has 22 heavy (non-hydrogen) atoms. The van der Waals surface area contributed by atoms with Crippen LogP contribution in [0.3, 0.4) is 0 Å². The Hall–Kier alpha value is -2.17. The highest BCUT2D eigenvalue weighted by atomic mass is 32.2. The summed E-state index contributed by atoms with van der Waals surface area (Å²) >= 11 is 0. The number of nitrogens with zero attached hydrogens (tertiary/aromatic N) is 1. The van der Waals surface area contributed by atoms with E-state index in [1.807, 2.05) is 0 Å². The number of hydrogen-bond acceptors (Lipinski definition) is 6. The summed E-state index contributed by atoms with van der Waals surface area (Å²) in [4.78, 5) is 24.4. The van der Waals surface area contributed by atoms with Gasteiger partial charge in [-0.2, -0.15) is 4.31 Å². The van der Waals surface area contributed by atoms with Gasteiger partial charge in [-0.3, -0.25) is 9.78 Å². The number of nitrogens with one attached hydrogen (secondary N) is 1. The lowest BCUT2D eigenvalue weighted by Crippen LogP contribution is -2.40. The van der Waals surface area contributed by atoms with Crippen molar-refractivity contribution in [3.8, 4) is 0 Å². The van der Waals surface area contributed by atoms with E-state index < -0.39 is 33.9 Å². The molecule has 118 valence electrons. The molecule has 1 aliphatic heterocycles. The van der Waals surface area contributed by atoms with Crippen LogP contribution < -0.4 is 5.76 Å². The van der Waals surface area contributed by atoms with Crippen LogP contribution in [0.1, 0.15) is 6.42 Å². The van der Waals surface area contributed by atoms with E-state index in [2.05, 4.69) is 4.98 Å². The second-order valence-electron chi connectivity index (χ2n) is 4.99. The number of rotatable bonds is 3. The molecule has 0 radical (unpaired) electrons. The average molecular weight is 328 g/mol. The van der Waals surface area contributed by atoms with Crippen molar-refractivity contribution in [3.63, 3.8) is 0 Å². The van der Waals surface area contributed by atoms with Crippen LogP contribution >= 0.6 is 0 Å². The van der Waals surface area contributed by atoms with Crippen molar-refractivity contribution in [2.45, 2.75) is 23.5 Å². The molecule has 0 aliphatic carbocycles. The molecule has 1 aromatic carbocycles. The first-order valence-corrected chi connectivity index (χ1v) is 7.78. The van der Waals surface area contributed by atoms with Crippen molar-refractivity contribution >= 4 is 27.1 Å². The quantitative estimate of drug-likeness (QED) is 0.678. The van der Waals surface area contributed by atoms with Crippen LogP contribution in [0.5, 0.6) is 0 Å². The normalized spacial score (nSPS) is 23.1. The first-order chi connectivity index (χ1) is 10.3. The topological polar surface area (TPSA) is 141 Å². The van der Waals surface area contributed by atoms with Gasteiger partial charge in [0.25, 0.3) is 0 Å². The first-order valence-electron chi connectivity index (χ1n) is 6.34. The van der Waals surface area contributed by atoms with E-state index >= 15 is 0 Å². The molecular formula is C12H12N2O7S. The summed E-state index contributed by atoms with van der Waals surface area (Å²) in [5.74, 6) is -2.04. The van der Waals surface area contributed by atoms with Gasteiger partial charge in [0.05, 0.1) is 16.5 Å². The largest absolute Gasteiger partial charge is 0.480 e. The number of oxazole rings is 1. The number of carboxylic acids is 1. The zero-order valence-electron chi connectivity index (χ0n) is 11.1. The van der Waals surface area contributed by atoms with Crippen molar-refractivity contribution in [1.29, 1.82) is 0 Å². The molecule has 1 aliphatic rings. The smallest absolute Gasteiger partial charge is 0.417 e. The molecule has 0 bridgehead atoms. The highest BCUT2D eigenvalue weighted by Crippen LogP contribution is 2.28. The number of aliphatic carboxylic acids is 1. The fourth-order valence-corrected chi connectivity index (χ4v) is 4.14. The SMILES string of the molecule is O=C(O)[C@@H]1C[C@@H](O)CN1S(=O)(=O)c1ccc2[nH]c(=O)oc2c1. The molecule has 3 N–H and O–H groups in total. The molecule has 1 saturated heterocycles. The summed E-state index contributed by atoms with van der Waals surface area (Å²) < 4.78 is 30.7. The molecular weight excluding hydrogens is 316 g/mol. The van der Waals surface area contributed by atoms with Gasteiger partial charge in [0.15, 0.2) is 5.58 Å². The Kier molecular flexibility index (Phi) is 3.31. The van der Waals surface area contributed by atoms with Crippen LogP contribution in [0.2, 0.25) is 0 Å². The molecule has 2 heterocycles. The number of benzene rings is 1. The Bertz CT molecular complexity index is 898. The third kappa shape index (κ3) is 2.30. The van der Waals surface area contributed by atoms with Crippen molar-refractivity contribution in [2.24, 2.45) is 0 Å². The molecule has 2 atom stereocenters. The second-order valence-corrected chi connectivity index (χ2v) is 6.88. The molecule has 3 rings (SSSR count).